The highest BCUT2D eigenvalue weighted by atomic mass is 16.5. The molecule has 0 radical (unpaired) electrons. The topological polar surface area (TPSA) is 144 Å². The molecule has 1 aliphatic carbocycles. The molecule has 3 N–H and O–H groups in total. The molecule has 11 heteroatoms. The monoisotopic (exact) mass is 504 g/mol. The highest BCUT2D eigenvalue weighted by Crippen LogP contribution is 2.51. The quantitative estimate of drug-likeness (QED) is 0.364. The molecule has 1 aromatic rings. The number of carbonyl (C=O) groups excluding carboxylic acids is 3. The van der Waals surface area contributed by atoms with Gasteiger partial charge in [-0.1, -0.05) is 0 Å². The average Bonchev–Trinajstić information content (AvgIpc) is 3.56. The summed E-state index contributed by atoms with van der Waals surface area (Å²) in [5.41, 5.74) is 1.13. The second-order valence-electron chi connectivity index (χ2n) is 8.99. The molecule has 11 nitrogen and oxygen atoms in total. The Balaban J connectivity index is 1.78. The Morgan fingerprint density at radius 3 is 2.75 bits per heavy atom. The maximum atomic E-state index is 13.5. The van der Waals surface area contributed by atoms with E-state index in [1.165, 1.54) is 25.2 Å². The van der Waals surface area contributed by atoms with Crippen LogP contribution in [0.25, 0.3) is 0 Å². The van der Waals surface area contributed by atoms with E-state index in [4.69, 9.17) is 18.9 Å². The lowest BCUT2D eigenvalue weighted by Crippen LogP contribution is -2.57. The third kappa shape index (κ3) is 4.83. The van der Waals surface area contributed by atoms with Gasteiger partial charge in [-0.3, -0.25) is 14.4 Å². The van der Waals surface area contributed by atoms with E-state index in [1.807, 2.05) is 0 Å². The van der Waals surface area contributed by atoms with Gasteiger partial charge in [0.1, 0.15) is 18.5 Å². The highest BCUT2D eigenvalue weighted by Gasteiger charge is 2.51. The van der Waals surface area contributed by atoms with Gasteiger partial charge < -0.3 is 39.4 Å². The number of carbonyl (C=O) groups is 3. The molecule has 36 heavy (non-hydrogen) atoms. The second-order valence-corrected chi connectivity index (χ2v) is 8.99. The molecule has 0 saturated carbocycles. The zero-order valence-electron chi connectivity index (χ0n) is 20.3. The fraction of sp³-hybridized carbons (Fsp3) is 0.560. The van der Waals surface area contributed by atoms with Crippen LogP contribution in [-0.4, -0.2) is 105 Å². The first kappa shape index (κ1) is 26.1. The Morgan fingerprint density at radius 1 is 1.31 bits per heavy atom. The summed E-state index contributed by atoms with van der Waals surface area (Å²) in [4.78, 5) is 39.8. The van der Waals surface area contributed by atoms with E-state index in [0.717, 1.165) is 0 Å². The van der Waals surface area contributed by atoms with Crippen LogP contribution in [0.1, 0.15) is 28.3 Å². The van der Waals surface area contributed by atoms with E-state index < -0.39 is 30.1 Å². The molecular weight excluding hydrogens is 472 g/mol. The van der Waals surface area contributed by atoms with E-state index in [1.54, 1.807) is 12.1 Å². The van der Waals surface area contributed by atoms with E-state index in [-0.39, 0.29) is 43.7 Å². The lowest BCUT2D eigenvalue weighted by atomic mass is 9.77. The highest BCUT2D eigenvalue weighted by molar-refractivity contribution is 5.96. The van der Waals surface area contributed by atoms with Gasteiger partial charge in [0.25, 0.3) is 0 Å². The summed E-state index contributed by atoms with van der Waals surface area (Å²) in [6.07, 6.45) is 0.712. The van der Waals surface area contributed by atoms with Gasteiger partial charge >= 0.3 is 0 Å². The minimum Gasteiger partial charge on any atom is -0.493 e. The Hall–Kier alpha value is -2.99. The molecule has 5 atom stereocenters. The normalized spacial score (nSPS) is 26.3. The first-order valence-electron chi connectivity index (χ1n) is 11.9. The van der Waals surface area contributed by atoms with Gasteiger partial charge in [0.2, 0.25) is 11.8 Å². The van der Waals surface area contributed by atoms with Crippen molar-refractivity contribution in [1.82, 2.24) is 10.2 Å². The summed E-state index contributed by atoms with van der Waals surface area (Å²) >= 11 is 0. The molecule has 3 aliphatic rings. The van der Waals surface area contributed by atoms with Gasteiger partial charge in [-0.15, -0.1) is 0 Å². The Labute approximate surface area is 208 Å². The van der Waals surface area contributed by atoms with Crippen molar-refractivity contribution >= 4 is 18.1 Å². The zero-order valence-corrected chi connectivity index (χ0v) is 20.3. The van der Waals surface area contributed by atoms with Gasteiger partial charge in [-0.25, -0.2) is 0 Å². The Bertz CT molecular complexity index is 1020. The van der Waals surface area contributed by atoms with Crippen molar-refractivity contribution in [3.05, 3.63) is 34.9 Å². The van der Waals surface area contributed by atoms with Gasteiger partial charge in [0, 0.05) is 43.5 Å². The molecule has 0 spiro atoms. The molecule has 4 rings (SSSR count). The van der Waals surface area contributed by atoms with Crippen molar-refractivity contribution in [2.45, 2.75) is 30.6 Å². The van der Waals surface area contributed by atoms with Crippen LogP contribution >= 0.6 is 0 Å². The van der Waals surface area contributed by atoms with Crippen LogP contribution in [0.2, 0.25) is 0 Å². The molecule has 2 amide bonds. The number of aliphatic hydroxyl groups is 2. The van der Waals surface area contributed by atoms with Crippen LogP contribution in [0.5, 0.6) is 11.5 Å². The number of hydrogen-bond donors (Lipinski definition) is 3. The third-order valence-corrected chi connectivity index (χ3v) is 6.87. The molecule has 0 bridgehead atoms. The minimum atomic E-state index is -1.19. The van der Waals surface area contributed by atoms with Crippen LogP contribution in [0.3, 0.4) is 0 Å². The van der Waals surface area contributed by atoms with Crippen LogP contribution < -0.4 is 14.8 Å². The van der Waals surface area contributed by atoms with Crippen molar-refractivity contribution in [3.63, 3.8) is 0 Å². The lowest BCUT2D eigenvalue weighted by molar-refractivity contribution is -0.142. The smallest absolute Gasteiger partial charge is 0.247 e. The number of ether oxygens (including phenoxy) is 4. The standard InChI is InChI=1S/C25H32N2O9/c1-33-8-5-27(25(32)15-3-7-35-13-15)18-11-17(24(31)26-4-6-28)20-16-9-14(12-29)10-19(34-2)22(16)36-23(20)21(18)30/h9-12,15,18,20-21,23,28,30H,3-8,13H2,1-2H3,(H,26,31). The summed E-state index contributed by atoms with van der Waals surface area (Å²) < 4.78 is 22.2. The Morgan fingerprint density at radius 2 is 2.11 bits per heavy atom. The molecule has 1 saturated heterocycles. The van der Waals surface area contributed by atoms with Crippen LogP contribution in [-0.2, 0) is 19.1 Å². The van der Waals surface area contributed by atoms with Crippen molar-refractivity contribution in [3.8, 4) is 11.5 Å². The second kappa shape index (κ2) is 11.4. The van der Waals surface area contributed by atoms with E-state index in [0.29, 0.717) is 48.5 Å². The van der Waals surface area contributed by atoms with E-state index in [2.05, 4.69) is 5.32 Å². The van der Waals surface area contributed by atoms with Crippen molar-refractivity contribution < 1.29 is 43.5 Å². The van der Waals surface area contributed by atoms with Crippen molar-refractivity contribution in [2.24, 2.45) is 5.92 Å². The van der Waals surface area contributed by atoms with Crippen molar-refractivity contribution in [2.75, 3.05) is 53.7 Å². The van der Waals surface area contributed by atoms with Crippen LogP contribution in [0.4, 0.5) is 0 Å². The Kier molecular flexibility index (Phi) is 8.24. The maximum Gasteiger partial charge on any atom is 0.247 e. The molecule has 0 aromatic heterocycles. The molecule has 5 unspecified atom stereocenters. The number of hydrogen-bond acceptors (Lipinski definition) is 9. The molecule has 1 fully saturated rings. The van der Waals surface area contributed by atoms with Gasteiger partial charge in [0.15, 0.2) is 11.5 Å². The fourth-order valence-electron chi connectivity index (χ4n) is 5.12. The van der Waals surface area contributed by atoms with E-state index in [9.17, 15) is 24.6 Å². The third-order valence-electron chi connectivity index (χ3n) is 6.87. The number of rotatable bonds is 10. The fourth-order valence-corrected chi connectivity index (χ4v) is 5.12. The number of fused-ring (bicyclic) bond motifs is 3. The number of aliphatic hydroxyl groups excluding tert-OH is 2. The van der Waals surface area contributed by atoms with Crippen molar-refractivity contribution in [1.29, 1.82) is 0 Å². The summed E-state index contributed by atoms with van der Waals surface area (Å²) in [6, 6.07) is 2.26. The van der Waals surface area contributed by atoms with Crippen LogP contribution in [0, 0.1) is 5.92 Å². The summed E-state index contributed by atoms with van der Waals surface area (Å²) in [5, 5.41) is 23.4. The number of methoxy groups -OCH3 is 2. The first-order valence-corrected chi connectivity index (χ1v) is 11.9. The molecule has 2 heterocycles. The predicted octanol–water partition coefficient (Wildman–Crippen LogP) is -0.358. The molecule has 196 valence electrons. The van der Waals surface area contributed by atoms with Crippen LogP contribution in [0.15, 0.2) is 23.8 Å². The first-order chi connectivity index (χ1) is 17.4. The number of aldehydes is 1. The SMILES string of the molecule is COCCN(C(=O)C1CCOC1)C1C=C(C(=O)NCCO)C2c3cc(C=O)cc(OC)c3OC2C1O. The number of nitrogens with one attached hydrogen (secondary N) is 1. The maximum absolute atomic E-state index is 13.5. The summed E-state index contributed by atoms with van der Waals surface area (Å²) in [7, 11) is 2.96. The number of benzene rings is 1. The summed E-state index contributed by atoms with van der Waals surface area (Å²) in [5.74, 6) is -1.10. The van der Waals surface area contributed by atoms with E-state index >= 15 is 0 Å². The minimum absolute atomic E-state index is 0.0257. The number of amides is 2. The molecule has 1 aromatic carbocycles. The molecular formula is C25H32N2O9. The lowest BCUT2D eigenvalue weighted by Gasteiger charge is -2.41. The molecule has 2 aliphatic heterocycles. The largest absolute Gasteiger partial charge is 0.493 e. The van der Waals surface area contributed by atoms with Gasteiger partial charge in [-0.2, -0.15) is 0 Å². The average molecular weight is 505 g/mol. The zero-order chi connectivity index (χ0) is 25.8. The van der Waals surface area contributed by atoms with Gasteiger partial charge in [-0.05, 0) is 24.6 Å². The predicted molar refractivity (Wildman–Crippen MR) is 126 cm³/mol. The summed E-state index contributed by atoms with van der Waals surface area (Å²) in [6.45, 7) is 0.965. The van der Waals surface area contributed by atoms with Gasteiger partial charge in [0.05, 0.1) is 44.8 Å². The number of nitrogens with zero attached hydrogens (tertiary/aromatic N) is 1.